The number of hydrogen-bond donors (Lipinski definition) is 1. The second kappa shape index (κ2) is 6.59. The van der Waals surface area contributed by atoms with E-state index in [9.17, 15) is 4.79 Å². The van der Waals surface area contributed by atoms with Crippen LogP contribution in [0.15, 0.2) is 30.3 Å². The van der Waals surface area contributed by atoms with Gasteiger partial charge in [-0.3, -0.25) is 4.79 Å². The maximum atomic E-state index is 11.3. The standard InChI is InChI=1S/C12H14N2O2/c13-7-4-8-16-12(15)9-11(14)10-5-2-1-3-6-10/h1-3,5-6,11H,4,8-9,14H2. The third-order valence-electron chi connectivity index (χ3n) is 2.09. The van der Waals surface area contributed by atoms with Crippen LogP contribution in [0.25, 0.3) is 0 Å². The Labute approximate surface area is 94.6 Å². The molecule has 1 unspecified atom stereocenters. The molecular weight excluding hydrogens is 204 g/mol. The normalized spacial score (nSPS) is 11.5. The van der Waals surface area contributed by atoms with Crippen LogP contribution in [-0.4, -0.2) is 12.6 Å². The van der Waals surface area contributed by atoms with Crippen LogP contribution in [0.5, 0.6) is 0 Å². The number of ether oxygens (including phenoxy) is 1. The fourth-order valence-electron chi connectivity index (χ4n) is 1.27. The topological polar surface area (TPSA) is 76.1 Å². The molecule has 0 saturated heterocycles. The number of rotatable bonds is 5. The van der Waals surface area contributed by atoms with E-state index in [-0.39, 0.29) is 31.5 Å². The first-order valence-electron chi connectivity index (χ1n) is 5.07. The zero-order valence-corrected chi connectivity index (χ0v) is 8.93. The molecule has 0 aliphatic carbocycles. The van der Waals surface area contributed by atoms with E-state index in [1.807, 2.05) is 36.4 Å². The molecule has 1 aromatic rings. The van der Waals surface area contributed by atoms with Crippen molar-refractivity contribution in [1.82, 2.24) is 0 Å². The number of hydrogen-bond acceptors (Lipinski definition) is 4. The van der Waals surface area contributed by atoms with E-state index in [0.717, 1.165) is 5.56 Å². The van der Waals surface area contributed by atoms with Gasteiger partial charge < -0.3 is 10.5 Å². The first-order valence-corrected chi connectivity index (χ1v) is 5.07. The molecule has 0 spiro atoms. The van der Waals surface area contributed by atoms with Gasteiger partial charge in [0.2, 0.25) is 0 Å². The molecule has 84 valence electrons. The summed E-state index contributed by atoms with van der Waals surface area (Å²) in [4.78, 5) is 11.3. The molecule has 1 rings (SSSR count). The van der Waals surface area contributed by atoms with E-state index in [0.29, 0.717) is 0 Å². The van der Waals surface area contributed by atoms with E-state index in [1.165, 1.54) is 0 Å². The van der Waals surface area contributed by atoms with E-state index >= 15 is 0 Å². The lowest BCUT2D eigenvalue weighted by Gasteiger charge is -2.10. The molecule has 0 amide bonds. The van der Waals surface area contributed by atoms with Gasteiger partial charge in [0.05, 0.1) is 18.9 Å². The molecule has 0 radical (unpaired) electrons. The van der Waals surface area contributed by atoms with Gasteiger partial charge in [0.25, 0.3) is 0 Å². The van der Waals surface area contributed by atoms with Crippen LogP contribution in [0.1, 0.15) is 24.4 Å². The highest BCUT2D eigenvalue weighted by molar-refractivity contribution is 5.70. The predicted octanol–water partition coefficient (Wildman–Crippen LogP) is 1.53. The van der Waals surface area contributed by atoms with Crippen LogP contribution in [0.2, 0.25) is 0 Å². The highest BCUT2D eigenvalue weighted by Crippen LogP contribution is 2.13. The molecule has 0 aliphatic rings. The SMILES string of the molecule is N#CCCOC(=O)CC(N)c1ccccc1. The van der Waals surface area contributed by atoms with Crippen molar-refractivity contribution >= 4 is 5.97 Å². The largest absolute Gasteiger partial charge is 0.465 e. The molecule has 0 fully saturated rings. The van der Waals surface area contributed by atoms with Gasteiger partial charge in [0.15, 0.2) is 0 Å². The highest BCUT2D eigenvalue weighted by Gasteiger charge is 2.11. The van der Waals surface area contributed by atoms with Crippen molar-refractivity contribution in [3.8, 4) is 6.07 Å². The fourth-order valence-corrected chi connectivity index (χ4v) is 1.27. The third kappa shape index (κ3) is 4.11. The maximum absolute atomic E-state index is 11.3. The van der Waals surface area contributed by atoms with E-state index in [1.54, 1.807) is 0 Å². The van der Waals surface area contributed by atoms with Crippen LogP contribution >= 0.6 is 0 Å². The highest BCUT2D eigenvalue weighted by atomic mass is 16.5. The molecule has 2 N–H and O–H groups in total. The Kier molecular flexibility index (Phi) is 5.03. The Morgan fingerprint density at radius 1 is 1.44 bits per heavy atom. The summed E-state index contributed by atoms with van der Waals surface area (Å²) in [5, 5.41) is 8.27. The van der Waals surface area contributed by atoms with E-state index in [4.69, 9.17) is 15.7 Å². The monoisotopic (exact) mass is 218 g/mol. The smallest absolute Gasteiger partial charge is 0.307 e. The summed E-state index contributed by atoms with van der Waals surface area (Å²) < 4.78 is 4.83. The van der Waals surface area contributed by atoms with Crippen LogP contribution in [0.3, 0.4) is 0 Å². The van der Waals surface area contributed by atoms with E-state index in [2.05, 4.69) is 0 Å². The van der Waals surface area contributed by atoms with Crippen molar-refractivity contribution in [2.24, 2.45) is 5.73 Å². The molecule has 0 heterocycles. The van der Waals surface area contributed by atoms with Crippen molar-refractivity contribution in [3.63, 3.8) is 0 Å². The van der Waals surface area contributed by atoms with Crippen LogP contribution in [0.4, 0.5) is 0 Å². The Hall–Kier alpha value is -1.86. The molecule has 0 saturated carbocycles. The zero-order valence-electron chi connectivity index (χ0n) is 8.93. The average molecular weight is 218 g/mol. The third-order valence-corrected chi connectivity index (χ3v) is 2.09. The number of esters is 1. The van der Waals surface area contributed by atoms with Crippen molar-refractivity contribution in [3.05, 3.63) is 35.9 Å². The van der Waals surface area contributed by atoms with Gasteiger partial charge in [-0.1, -0.05) is 30.3 Å². The summed E-state index contributed by atoms with van der Waals surface area (Å²) in [6.45, 7) is 0.136. The number of nitrogens with two attached hydrogens (primary N) is 1. The van der Waals surface area contributed by atoms with Gasteiger partial charge in [-0.2, -0.15) is 5.26 Å². The minimum absolute atomic E-state index is 0.134. The lowest BCUT2D eigenvalue weighted by molar-refractivity contribution is -0.143. The molecule has 0 bridgehead atoms. The summed E-state index contributed by atoms with van der Waals surface area (Å²) >= 11 is 0. The Morgan fingerprint density at radius 3 is 2.75 bits per heavy atom. The van der Waals surface area contributed by atoms with Crippen molar-refractivity contribution < 1.29 is 9.53 Å². The molecule has 1 atom stereocenters. The number of benzene rings is 1. The summed E-state index contributed by atoms with van der Waals surface area (Å²) in [6.07, 6.45) is 0.349. The first-order chi connectivity index (χ1) is 7.74. The lowest BCUT2D eigenvalue weighted by Crippen LogP contribution is -2.17. The van der Waals surface area contributed by atoms with Crippen LogP contribution < -0.4 is 5.73 Å². The summed E-state index contributed by atoms with van der Waals surface area (Å²) in [7, 11) is 0. The molecular formula is C12H14N2O2. The number of carbonyl (C=O) groups excluding carboxylic acids is 1. The fraction of sp³-hybridized carbons (Fsp3) is 0.333. The minimum atomic E-state index is -0.369. The molecule has 0 aromatic heterocycles. The van der Waals surface area contributed by atoms with Gasteiger partial charge in [-0.15, -0.1) is 0 Å². The molecule has 0 aliphatic heterocycles. The summed E-state index contributed by atoms with van der Waals surface area (Å²) in [5.74, 6) is -0.369. The van der Waals surface area contributed by atoms with Crippen LogP contribution in [-0.2, 0) is 9.53 Å². The Bertz CT molecular complexity index is 370. The molecule has 4 nitrogen and oxygen atoms in total. The minimum Gasteiger partial charge on any atom is -0.465 e. The van der Waals surface area contributed by atoms with Gasteiger partial charge in [-0.25, -0.2) is 0 Å². The number of carbonyl (C=O) groups is 1. The molecule has 4 heteroatoms. The van der Waals surface area contributed by atoms with Crippen molar-refractivity contribution in [2.45, 2.75) is 18.9 Å². The van der Waals surface area contributed by atoms with Gasteiger partial charge in [0, 0.05) is 6.04 Å². The van der Waals surface area contributed by atoms with Gasteiger partial charge in [0.1, 0.15) is 6.61 Å². The number of nitriles is 1. The summed E-state index contributed by atoms with van der Waals surface area (Å²) in [5.41, 5.74) is 6.74. The van der Waals surface area contributed by atoms with Crippen molar-refractivity contribution in [2.75, 3.05) is 6.61 Å². The average Bonchev–Trinajstić information content (AvgIpc) is 2.30. The molecule has 16 heavy (non-hydrogen) atoms. The van der Waals surface area contributed by atoms with Gasteiger partial charge >= 0.3 is 5.97 Å². The predicted molar refractivity (Wildman–Crippen MR) is 59.2 cm³/mol. The summed E-state index contributed by atoms with van der Waals surface area (Å²) in [6, 6.07) is 10.9. The van der Waals surface area contributed by atoms with Crippen LogP contribution in [0, 0.1) is 11.3 Å². The lowest BCUT2D eigenvalue weighted by atomic mass is 10.1. The van der Waals surface area contributed by atoms with E-state index < -0.39 is 0 Å². The second-order valence-corrected chi connectivity index (χ2v) is 3.35. The quantitative estimate of drug-likeness (QED) is 0.600. The molecule has 1 aromatic carbocycles. The zero-order chi connectivity index (χ0) is 11.8. The Morgan fingerprint density at radius 2 is 2.12 bits per heavy atom. The first kappa shape index (κ1) is 12.2. The second-order valence-electron chi connectivity index (χ2n) is 3.35. The Balaban J connectivity index is 2.37. The number of nitrogens with zero attached hydrogens (tertiary/aromatic N) is 1. The maximum Gasteiger partial charge on any atom is 0.307 e. The van der Waals surface area contributed by atoms with Crippen molar-refractivity contribution in [1.29, 1.82) is 5.26 Å². The van der Waals surface area contributed by atoms with Gasteiger partial charge in [-0.05, 0) is 5.56 Å².